The maximum atomic E-state index is 14.3. The van der Waals surface area contributed by atoms with E-state index in [4.69, 9.17) is 14.2 Å². The third kappa shape index (κ3) is 6.29. The average Bonchev–Trinajstić information content (AvgIpc) is 3.33. The fourth-order valence-corrected chi connectivity index (χ4v) is 4.24. The molecule has 1 atom stereocenters. The number of phenolic OH excluding ortho intramolecular Hbond substituents is 1. The zero-order valence-electron chi connectivity index (χ0n) is 19.4. The van der Waals surface area contributed by atoms with Crippen LogP contribution in [0.5, 0.6) is 17.2 Å². The van der Waals surface area contributed by atoms with Gasteiger partial charge in [-0.2, -0.15) is 0 Å². The number of aromatic nitrogens is 2. The second-order valence-corrected chi connectivity index (χ2v) is 9.07. The van der Waals surface area contributed by atoms with Gasteiger partial charge in [0, 0.05) is 37.2 Å². The van der Waals surface area contributed by atoms with Crippen LogP contribution in [0.3, 0.4) is 0 Å². The van der Waals surface area contributed by atoms with Crippen LogP contribution in [0, 0.1) is 5.82 Å². The highest BCUT2D eigenvalue weighted by molar-refractivity contribution is 9.10. The smallest absolute Gasteiger partial charge is 0.303 e. The Morgan fingerprint density at radius 1 is 1.26 bits per heavy atom. The molecule has 4 rings (SSSR count). The molecule has 0 spiro atoms. The monoisotopic (exact) mass is 548 g/mol. The Balaban J connectivity index is 1.55. The first-order chi connectivity index (χ1) is 16.8. The van der Waals surface area contributed by atoms with Crippen LogP contribution in [0.25, 0.3) is 10.9 Å². The maximum absolute atomic E-state index is 14.3. The molecule has 0 bridgehead atoms. The molecule has 1 fully saturated rings. The zero-order chi connectivity index (χ0) is 24.9. The van der Waals surface area contributed by atoms with Crippen molar-refractivity contribution in [2.24, 2.45) is 0 Å². The molecule has 1 aliphatic heterocycles. The lowest BCUT2D eigenvalue weighted by Gasteiger charge is -2.23. The van der Waals surface area contributed by atoms with Crippen molar-refractivity contribution in [2.75, 3.05) is 38.7 Å². The van der Waals surface area contributed by atoms with Crippen LogP contribution < -0.4 is 14.8 Å². The number of nitrogens with one attached hydrogen (secondary N) is 1. The third-order valence-electron chi connectivity index (χ3n) is 5.57. The van der Waals surface area contributed by atoms with E-state index in [9.17, 15) is 14.3 Å². The minimum atomic E-state index is -0.577. The van der Waals surface area contributed by atoms with Crippen LogP contribution in [-0.4, -0.2) is 65.4 Å². The van der Waals surface area contributed by atoms with Gasteiger partial charge in [-0.3, -0.25) is 9.69 Å². The molecule has 1 aliphatic rings. The molecule has 1 aromatic heterocycles. The Morgan fingerprint density at radius 2 is 2.03 bits per heavy atom. The number of nitrogens with zero attached hydrogens (tertiary/aromatic N) is 3. The number of carbonyl (C=O) groups is 1. The Hall–Kier alpha value is -3.18. The molecule has 1 unspecified atom stereocenters. The average molecular weight is 549 g/mol. The van der Waals surface area contributed by atoms with Gasteiger partial charge in [0.2, 0.25) is 5.95 Å². The summed E-state index contributed by atoms with van der Waals surface area (Å²) < 4.78 is 31.5. The molecular weight excluding hydrogens is 523 g/mol. The highest BCUT2D eigenvalue weighted by Gasteiger charge is 2.21. The van der Waals surface area contributed by atoms with Crippen molar-refractivity contribution in [1.82, 2.24) is 14.9 Å². The van der Waals surface area contributed by atoms with E-state index >= 15 is 0 Å². The number of likely N-dealkylation sites (tertiary alicyclic amines) is 1. The van der Waals surface area contributed by atoms with Crippen molar-refractivity contribution < 1.29 is 28.5 Å². The highest BCUT2D eigenvalue weighted by atomic mass is 79.9. The molecule has 11 heteroatoms. The number of aromatic hydroxyl groups is 1. The number of carbonyl (C=O) groups excluding carboxylic acids is 1. The topological polar surface area (TPSA) is 106 Å². The standard InChI is InChI=1S/C24H26BrFN4O5/c1-14(31)35-16(12-30-5-3-4-6-30)13-34-23-10-19-15(7-22(23)33-2)11-27-24(28-19)29-20-9-21(32)17(25)8-18(20)26/h7-11,16,32H,3-6,12-13H2,1-2H3,(H,27,28,29). The van der Waals surface area contributed by atoms with E-state index in [0.29, 0.717) is 28.9 Å². The molecule has 0 amide bonds. The van der Waals surface area contributed by atoms with Gasteiger partial charge in [0.05, 0.1) is 22.8 Å². The third-order valence-corrected chi connectivity index (χ3v) is 6.20. The van der Waals surface area contributed by atoms with Crippen molar-refractivity contribution in [2.45, 2.75) is 25.9 Å². The van der Waals surface area contributed by atoms with Gasteiger partial charge in [-0.05, 0) is 54.0 Å². The Labute approximate surface area is 210 Å². The normalized spacial score (nSPS) is 14.6. The van der Waals surface area contributed by atoms with Crippen LogP contribution in [0.4, 0.5) is 16.0 Å². The number of benzene rings is 2. The van der Waals surface area contributed by atoms with E-state index < -0.39 is 11.9 Å². The summed E-state index contributed by atoms with van der Waals surface area (Å²) >= 11 is 3.08. The van der Waals surface area contributed by atoms with E-state index in [1.807, 2.05) is 0 Å². The van der Waals surface area contributed by atoms with E-state index in [1.54, 1.807) is 18.3 Å². The van der Waals surface area contributed by atoms with Crippen LogP contribution in [0.15, 0.2) is 34.9 Å². The van der Waals surface area contributed by atoms with Crippen molar-refractivity contribution in [1.29, 1.82) is 0 Å². The SMILES string of the molecule is COc1cc2cnc(Nc3cc(O)c(Br)cc3F)nc2cc1OCC(CN1CCCC1)OC(C)=O. The van der Waals surface area contributed by atoms with E-state index in [1.165, 1.54) is 20.1 Å². The number of rotatable bonds is 9. The van der Waals surface area contributed by atoms with Crippen molar-refractivity contribution >= 4 is 44.4 Å². The first-order valence-electron chi connectivity index (χ1n) is 11.1. The molecule has 35 heavy (non-hydrogen) atoms. The summed E-state index contributed by atoms with van der Waals surface area (Å²) in [5.74, 6) is -0.0128. The quantitative estimate of drug-likeness (QED) is 0.376. The van der Waals surface area contributed by atoms with Gasteiger partial charge < -0.3 is 24.6 Å². The summed E-state index contributed by atoms with van der Waals surface area (Å²) in [6.07, 6.45) is 3.40. The van der Waals surface area contributed by atoms with Crippen LogP contribution >= 0.6 is 15.9 Å². The molecule has 2 aromatic carbocycles. The van der Waals surface area contributed by atoms with Gasteiger partial charge in [0.15, 0.2) is 11.5 Å². The number of hydrogen-bond donors (Lipinski definition) is 2. The first-order valence-corrected chi connectivity index (χ1v) is 11.9. The number of halogens is 2. The Morgan fingerprint density at radius 3 is 2.74 bits per heavy atom. The zero-order valence-corrected chi connectivity index (χ0v) is 21.0. The van der Waals surface area contributed by atoms with Crippen LogP contribution in [0.1, 0.15) is 19.8 Å². The number of esters is 1. The van der Waals surface area contributed by atoms with Crippen LogP contribution in [0.2, 0.25) is 0 Å². The summed E-state index contributed by atoms with van der Waals surface area (Å²) in [6.45, 7) is 4.07. The minimum absolute atomic E-state index is 0.0289. The van der Waals surface area contributed by atoms with Crippen LogP contribution in [-0.2, 0) is 9.53 Å². The number of hydrogen-bond acceptors (Lipinski definition) is 9. The predicted octanol–water partition coefficient (Wildman–Crippen LogP) is 4.40. The molecule has 9 nitrogen and oxygen atoms in total. The second-order valence-electron chi connectivity index (χ2n) is 8.21. The van der Waals surface area contributed by atoms with E-state index in [2.05, 4.69) is 36.1 Å². The fraction of sp³-hybridized carbons (Fsp3) is 0.375. The van der Waals surface area contributed by atoms with Gasteiger partial charge >= 0.3 is 5.97 Å². The number of methoxy groups -OCH3 is 1. The van der Waals surface area contributed by atoms with Crippen molar-refractivity contribution in [3.8, 4) is 17.2 Å². The van der Waals surface area contributed by atoms with Gasteiger partial charge in [0.1, 0.15) is 24.3 Å². The predicted molar refractivity (Wildman–Crippen MR) is 132 cm³/mol. The van der Waals surface area contributed by atoms with Gasteiger partial charge in [-0.15, -0.1) is 0 Å². The summed E-state index contributed by atoms with van der Waals surface area (Å²) in [5, 5.41) is 13.3. The number of anilines is 2. The lowest BCUT2D eigenvalue weighted by atomic mass is 10.2. The lowest BCUT2D eigenvalue weighted by molar-refractivity contribution is -0.148. The Bertz CT molecular complexity index is 1220. The van der Waals surface area contributed by atoms with Gasteiger partial charge in [-0.25, -0.2) is 14.4 Å². The molecule has 2 heterocycles. The number of phenols is 1. The van der Waals surface area contributed by atoms with Gasteiger partial charge in [0.25, 0.3) is 0 Å². The number of fused-ring (bicyclic) bond motifs is 1. The number of ether oxygens (including phenoxy) is 3. The van der Waals surface area contributed by atoms with E-state index in [0.717, 1.165) is 32.0 Å². The summed E-state index contributed by atoms with van der Waals surface area (Å²) in [6, 6.07) is 5.82. The summed E-state index contributed by atoms with van der Waals surface area (Å²) in [5.41, 5.74) is 0.560. The van der Waals surface area contributed by atoms with Crippen molar-refractivity contribution in [3.63, 3.8) is 0 Å². The first kappa shape index (κ1) is 24.9. The van der Waals surface area contributed by atoms with E-state index in [-0.39, 0.29) is 34.4 Å². The lowest BCUT2D eigenvalue weighted by Crippen LogP contribution is -2.36. The summed E-state index contributed by atoms with van der Waals surface area (Å²) in [7, 11) is 1.53. The molecule has 0 aliphatic carbocycles. The fourth-order valence-electron chi connectivity index (χ4n) is 3.92. The van der Waals surface area contributed by atoms with Crippen molar-refractivity contribution in [3.05, 3.63) is 40.8 Å². The molecule has 2 N–H and O–H groups in total. The maximum Gasteiger partial charge on any atom is 0.303 e. The summed E-state index contributed by atoms with van der Waals surface area (Å²) in [4.78, 5) is 22.5. The van der Waals surface area contributed by atoms with Gasteiger partial charge in [-0.1, -0.05) is 0 Å². The molecule has 186 valence electrons. The minimum Gasteiger partial charge on any atom is -0.507 e. The largest absolute Gasteiger partial charge is 0.507 e. The molecular formula is C24H26BrFN4O5. The molecule has 3 aromatic rings. The second kappa shape index (κ2) is 11.0. The molecule has 1 saturated heterocycles. The molecule has 0 saturated carbocycles. The highest BCUT2D eigenvalue weighted by Crippen LogP contribution is 2.34. The molecule has 0 radical (unpaired) electrons. The Kier molecular flexibility index (Phi) is 7.86.